The van der Waals surface area contributed by atoms with E-state index < -0.39 is 5.60 Å². The van der Waals surface area contributed by atoms with Gasteiger partial charge in [-0.2, -0.15) is 0 Å². The highest BCUT2D eigenvalue weighted by Crippen LogP contribution is 2.38. The highest BCUT2D eigenvalue weighted by Gasteiger charge is 2.19. The Hall–Kier alpha value is -4.34. The Morgan fingerprint density at radius 3 is 2.45 bits per heavy atom. The summed E-state index contributed by atoms with van der Waals surface area (Å²) >= 11 is 6.75. The fraction of sp³-hybridized carbons (Fsp3) is 0.325. The number of benzene rings is 3. The van der Waals surface area contributed by atoms with E-state index in [-0.39, 0.29) is 0 Å². The van der Waals surface area contributed by atoms with Crippen molar-refractivity contribution in [2.75, 3.05) is 25.0 Å². The summed E-state index contributed by atoms with van der Waals surface area (Å²) in [6.07, 6.45) is 7.48. The van der Waals surface area contributed by atoms with Gasteiger partial charge in [0.05, 0.1) is 10.6 Å². The molecule has 0 saturated carbocycles. The number of aliphatic hydroxyl groups is 1. The second-order valence-corrected chi connectivity index (χ2v) is 14.3. The van der Waals surface area contributed by atoms with Crippen molar-refractivity contribution >= 4 is 45.1 Å². The number of nitrogens with zero attached hydrogens (tertiary/aromatic N) is 4. The maximum atomic E-state index is 10.0. The fourth-order valence-electron chi connectivity index (χ4n) is 6.78. The van der Waals surface area contributed by atoms with Crippen LogP contribution in [0.5, 0.6) is 0 Å². The smallest absolute Gasteiger partial charge is 0.227 e. The maximum absolute atomic E-state index is 10.0. The molecule has 0 bridgehead atoms. The lowest BCUT2D eigenvalue weighted by Crippen LogP contribution is -2.34. The highest BCUT2D eigenvalue weighted by molar-refractivity contribution is 6.34. The highest BCUT2D eigenvalue weighted by atomic mass is 35.5. The molecule has 1 aliphatic rings. The van der Waals surface area contributed by atoms with Gasteiger partial charge < -0.3 is 20.2 Å². The number of halogens is 1. The van der Waals surface area contributed by atoms with Crippen LogP contribution in [0.15, 0.2) is 77.5 Å². The molecule has 0 amide bonds. The van der Waals surface area contributed by atoms with Gasteiger partial charge in [-0.05, 0) is 123 Å². The number of rotatable bonds is 10. The molecule has 252 valence electrons. The Morgan fingerprint density at radius 1 is 0.898 bits per heavy atom. The molecule has 49 heavy (non-hydrogen) atoms. The van der Waals surface area contributed by atoms with E-state index in [1.807, 2.05) is 18.3 Å². The van der Waals surface area contributed by atoms with Crippen molar-refractivity contribution in [2.45, 2.75) is 65.6 Å². The maximum Gasteiger partial charge on any atom is 0.227 e. The number of fused-ring (bicyclic) bond motifs is 2. The largest absolute Gasteiger partial charge is 0.434 e. The van der Waals surface area contributed by atoms with Gasteiger partial charge in [0.25, 0.3) is 0 Å². The summed E-state index contributed by atoms with van der Waals surface area (Å²) in [6, 6.07) is 20.7. The molecule has 6 aromatic rings. The second-order valence-electron chi connectivity index (χ2n) is 13.9. The van der Waals surface area contributed by atoms with Crippen LogP contribution in [0.1, 0.15) is 55.4 Å². The first kappa shape index (κ1) is 33.2. The summed E-state index contributed by atoms with van der Waals surface area (Å²) in [7, 11) is 0. The average molecular weight is 675 g/mol. The van der Waals surface area contributed by atoms with Crippen molar-refractivity contribution in [3.05, 3.63) is 100 Å². The number of nitrogens with one attached hydrogen (secondary N) is 2. The Morgan fingerprint density at radius 2 is 1.65 bits per heavy atom. The summed E-state index contributed by atoms with van der Waals surface area (Å²) in [5.41, 5.74) is 9.92. The van der Waals surface area contributed by atoms with Gasteiger partial charge in [0.1, 0.15) is 11.0 Å². The number of oxazole rings is 1. The molecule has 3 N–H and O–H groups in total. The third-order valence-electron chi connectivity index (χ3n) is 9.34. The lowest BCUT2D eigenvalue weighted by molar-refractivity contribution is 0.0795. The predicted molar refractivity (Wildman–Crippen MR) is 199 cm³/mol. The standard InChI is InChI=1S/C40H43ClN6O2/c1-25-30(10-8-12-32(25)39-46-35-20-27(19-33(41)37(35)49-39)23-47-16-6-5-7-17-47)31-11-9-13-34(26(31)2)45-38-36-29(14-15-43-38)18-28(22-44-36)21-42-24-40(3,4)48/h8-15,18-20,22,42,48H,5-7,16-17,21,23-24H2,1-4H3,(H,43,45). The van der Waals surface area contributed by atoms with E-state index in [4.69, 9.17) is 26.0 Å². The molecule has 0 radical (unpaired) electrons. The molecule has 0 atom stereocenters. The lowest BCUT2D eigenvalue weighted by atomic mass is 9.93. The van der Waals surface area contributed by atoms with Crippen LogP contribution in [-0.2, 0) is 13.1 Å². The molecule has 1 saturated heterocycles. The van der Waals surface area contributed by atoms with Crippen LogP contribution >= 0.6 is 11.6 Å². The van der Waals surface area contributed by atoms with Crippen molar-refractivity contribution in [1.29, 1.82) is 0 Å². The molecule has 0 unspecified atom stereocenters. The fourth-order valence-corrected chi connectivity index (χ4v) is 7.06. The summed E-state index contributed by atoms with van der Waals surface area (Å²) in [5, 5.41) is 18.5. The molecule has 7 rings (SSSR count). The Balaban J connectivity index is 1.15. The molecular weight excluding hydrogens is 632 g/mol. The predicted octanol–water partition coefficient (Wildman–Crippen LogP) is 8.97. The van der Waals surface area contributed by atoms with Crippen molar-refractivity contribution in [2.24, 2.45) is 0 Å². The SMILES string of the molecule is Cc1c(Nc2nccc3cc(CNCC(C)(C)O)cnc23)cccc1-c1cccc(-c2nc3cc(CN4CCCCC4)cc(Cl)c3o2)c1C. The lowest BCUT2D eigenvalue weighted by Gasteiger charge is -2.26. The number of aromatic nitrogens is 3. The van der Waals surface area contributed by atoms with Crippen molar-refractivity contribution < 1.29 is 9.52 Å². The molecule has 3 aromatic heterocycles. The first-order valence-electron chi connectivity index (χ1n) is 17.1. The first-order chi connectivity index (χ1) is 23.6. The first-order valence-corrected chi connectivity index (χ1v) is 17.5. The molecular formula is C40H43ClN6O2. The van der Waals surface area contributed by atoms with Crippen molar-refractivity contribution in [3.8, 4) is 22.6 Å². The third kappa shape index (κ3) is 7.33. The van der Waals surface area contributed by atoms with Crippen LogP contribution in [-0.4, -0.2) is 50.2 Å². The van der Waals surface area contributed by atoms with Crippen LogP contribution in [0.3, 0.4) is 0 Å². The van der Waals surface area contributed by atoms with Crippen LogP contribution in [0.25, 0.3) is 44.6 Å². The Bertz CT molecular complexity index is 2130. The molecule has 4 heterocycles. The van der Waals surface area contributed by atoms with Crippen LogP contribution in [0, 0.1) is 13.8 Å². The number of anilines is 2. The molecule has 9 heteroatoms. The molecule has 1 aliphatic heterocycles. The van der Waals surface area contributed by atoms with E-state index in [0.717, 1.165) is 75.1 Å². The minimum atomic E-state index is -0.771. The van der Waals surface area contributed by atoms with Crippen molar-refractivity contribution in [3.63, 3.8) is 0 Å². The van der Waals surface area contributed by atoms with Gasteiger partial charge in [-0.1, -0.05) is 42.3 Å². The zero-order valence-corrected chi connectivity index (χ0v) is 29.4. The van der Waals surface area contributed by atoms with Gasteiger partial charge in [0.15, 0.2) is 11.4 Å². The molecule has 8 nitrogen and oxygen atoms in total. The third-order valence-corrected chi connectivity index (χ3v) is 9.62. The van der Waals surface area contributed by atoms with E-state index in [2.05, 4.69) is 82.9 Å². The van der Waals surface area contributed by atoms with Gasteiger partial charge in [0, 0.05) is 48.7 Å². The number of hydrogen-bond donors (Lipinski definition) is 3. The van der Waals surface area contributed by atoms with Gasteiger partial charge in [0.2, 0.25) is 5.89 Å². The minimum Gasteiger partial charge on any atom is -0.434 e. The Kier molecular flexibility index (Phi) is 9.40. The summed E-state index contributed by atoms with van der Waals surface area (Å²) in [5.74, 6) is 1.27. The van der Waals surface area contributed by atoms with Crippen LogP contribution in [0.4, 0.5) is 11.5 Å². The van der Waals surface area contributed by atoms with Gasteiger partial charge in [-0.15, -0.1) is 0 Å². The number of likely N-dealkylation sites (tertiary alicyclic amines) is 1. The minimum absolute atomic E-state index is 0.495. The molecule has 0 spiro atoms. The molecule has 1 fully saturated rings. The van der Waals surface area contributed by atoms with E-state index in [0.29, 0.717) is 35.4 Å². The van der Waals surface area contributed by atoms with E-state index in [1.165, 1.54) is 24.8 Å². The molecule has 0 aliphatic carbocycles. The van der Waals surface area contributed by atoms with E-state index in [1.54, 1.807) is 20.0 Å². The monoisotopic (exact) mass is 674 g/mol. The number of piperidine rings is 1. The van der Waals surface area contributed by atoms with Gasteiger partial charge >= 0.3 is 0 Å². The van der Waals surface area contributed by atoms with Crippen LogP contribution < -0.4 is 10.6 Å². The summed E-state index contributed by atoms with van der Waals surface area (Å²) in [6.45, 7) is 12.1. The summed E-state index contributed by atoms with van der Waals surface area (Å²) in [4.78, 5) is 16.8. The number of hydrogen-bond acceptors (Lipinski definition) is 8. The van der Waals surface area contributed by atoms with Crippen molar-refractivity contribution in [1.82, 2.24) is 25.2 Å². The van der Waals surface area contributed by atoms with Gasteiger partial charge in [-0.25, -0.2) is 9.97 Å². The topological polar surface area (TPSA) is 99.3 Å². The normalized spacial score (nSPS) is 14.2. The Labute approximate surface area is 292 Å². The second kappa shape index (κ2) is 13.9. The molecule has 3 aromatic carbocycles. The van der Waals surface area contributed by atoms with E-state index >= 15 is 0 Å². The van der Waals surface area contributed by atoms with E-state index in [9.17, 15) is 5.11 Å². The average Bonchev–Trinajstić information content (AvgIpc) is 3.50. The van der Waals surface area contributed by atoms with Gasteiger partial charge in [-0.3, -0.25) is 9.88 Å². The zero-order chi connectivity index (χ0) is 34.1. The van der Waals surface area contributed by atoms with Crippen LogP contribution in [0.2, 0.25) is 5.02 Å². The zero-order valence-electron chi connectivity index (χ0n) is 28.6. The number of pyridine rings is 2. The quantitative estimate of drug-likeness (QED) is 0.132. The summed E-state index contributed by atoms with van der Waals surface area (Å²) < 4.78 is 6.32.